The van der Waals surface area contributed by atoms with Gasteiger partial charge in [-0.2, -0.15) is 0 Å². The van der Waals surface area contributed by atoms with Gasteiger partial charge in [0.25, 0.3) is 0 Å². The first-order chi connectivity index (χ1) is 8.74. The van der Waals surface area contributed by atoms with Gasteiger partial charge in [0.15, 0.2) is 0 Å². The van der Waals surface area contributed by atoms with Gasteiger partial charge in [-0.25, -0.2) is 4.98 Å². The van der Waals surface area contributed by atoms with E-state index in [0.29, 0.717) is 18.0 Å². The number of rotatable bonds is 4. The Balaban J connectivity index is 1.82. The van der Waals surface area contributed by atoms with Crippen LogP contribution in [0.2, 0.25) is 0 Å². The summed E-state index contributed by atoms with van der Waals surface area (Å²) in [6.07, 6.45) is 4.88. The smallest absolute Gasteiger partial charge is 0.110 e. The number of aromatic nitrogens is 1. The molecule has 1 fully saturated rings. The van der Waals surface area contributed by atoms with Gasteiger partial charge in [-0.15, -0.1) is 11.3 Å². The molecule has 2 atom stereocenters. The van der Waals surface area contributed by atoms with E-state index >= 15 is 0 Å². The summed E-state index contributed by atoms with van der Waals surface area (Å²) in [5, 5.41) is 4.99. The van der Waals surface area contributed by atoms with Gasteiger partial charge in [-0.05, 0) is 25.7 Å². The van der Waals surface area contributed by atoms with Crippen molar-refractivity contribution in [3.63, 3.8) is 0 Å². The van der Waals surface area contributed by atoms with Crippen molar-refractivity contribution < 1.29 is 4.74 Å². The molecule has 1 aliphatic heterocycles. The molecule has 1 N–H and O–H groups in total. The molecule has 100 valence electrons. The lowest BCUT2D eigenvalue weighted by Gasteiger charge is -2.24. The average Bonchev–Trinajstić information content (AvgIpc) is 3.01. The minimum atomic E-state index is 0.392. The van der Waals surface area contributed by atoms with Crippen LogP contribution in [0.4, 0.5) is 0 Å². The molecule has 4 heteroatoms. The van der Waals surface area contributed by atoms with E-state index in [0.717, 1.165) is 19.6 Å². The van der Waals surface area contributed by atoms with Crippen LogP contribution in [0.5, 0.6) is 0 Å². The molecule has 2 heterocycles. The molecule has 1 saturated heterocycles. The summed E-state index contributed by atoms with van der Waals surface area (Å²) in [6, 6.07) is 0.887. The number of nitrogens with zero attached hydrogens (tertiary/aromatic N) is 1. The summed E-state index contributed by atoms with van der Waals surface area (Å²) >= 11 is 1.93. The Kier molecular flexibility index (Phi) is 3.68. The highest BCUT2D eigenvalue weighted by molar-refractivity contribution is 7.11. The maximum atomic E-state index is 5.56. The normalized spacial score (nSPS) is 24.7. The molecule has 0 radical (unpaired) electrons. The summed E-state index contributed by atoms with van der Waals surface area (Å²) in [4.78, 5) is 6.42. The molecule has 0 amide bonds. The van der Waals surface area contributed by atoms with Crippen molar-refractivity contribution in [2.24, 2.45) is 5.92 Å². The van der Waals surface area contributed by atoms with Crippen LogP contribution in [0.25, 0.3) is 0 Å². The minimum Gasteiger partial charge on any atom is -0.381 e. The largest absolute Gasteiger partial charge is 0.381 e. The Morgan fingerprint density at radius 1 is 1.39 bits per heavy atom. The van der Waals surface area contributed by atoms with Gasteiger partial charge in [0.1, 0.15) is 5.01 Å². The highest BCUT2D eigenvalue weighted by Crippen LogP contribution is 2.36. The fourth-order valence-electron chi connectivity index (χ4n) is 2.93. The zero-order valence-electron chi connectivity index (χ0n) is 11.2. The molecule has 2 unspecified atom stereocenters. The van der Waals surface area contributed by atoms with Crippen LogP contribution < -0.4 is 5.32 Å². The number of thiazole rings is 1. The summed E-state index contributed by atoms with van der Waals surface area (Å²) < 4.78 is 5.56. The van der Waals surface area contributed by atoms with Gasteiger partial charge in [0.05, 0.1) is 18.3 Å². The fourth-order valence-corrected chi connectivity index (χ4v) is 4.23. The van der Waals surface area contributed by atoms with Gasteiger partial charge in [-0.1, -0.05) is 13.8 Å². The van der Waals surface area contributed by atoms with Crippen molar-refractivity contribution >= 4 is 11.3 Å². The van der Waals surface area contributed by atoms with Crippen molar-refractivity contribution in [1.29, 1.82) is 0 Å². The number of fused-ring (bicyclic) bond motifs is 1. The maximum absolute atomic E-state index is 5.56. The lowest BCUT2D eigenvalue weighted by molar-refractivity contribution is 0.175. The molecule has 0 bridgehead atoms. The van der Waals surface area contributed by atoms with Crippen molar-refractivity contribution in [3.8, 4) is 0 Å². The van der Waals surface area contributed by atoms with E-state index in [1.54, 1.807) is 0 Å². The molecule has 0 saturated carbocycles. The first-order valence-electron chi connectivity index (χ1n) is 7.06. The third-order valence-corrected chi connectivity index (χ3v) is 5.07. The van der Waals surface area contributed by atoms with Crippen LogP contribution in [-0.4, -0.2) is 24.2 Å². The van der Waals surface area contributed by atoms with Gasteiger partial charge >= 0.3 is 0 Å². The number of ether oxygens (including phenoxy) is 1. The monoisotopic (exact) mass is 266 g/mol. The predicted molar refractivity (Wildman–Crippen MR) is 74.1 cm³/mol. The Morgan fingerprint density at radius 3 is 2.94 bits per heavy atom. The molecular weight excluding hydrogens is 244 g/mol. The average molecular weight is 266 g/mol. The number of aryl methyl sites for hydroxylation is 2. The second kappa shape index (κ2) is 5.27. The summed E-state index contributed by atoms with van der Waals surface area (Å²) in [7, 11) is 0. The fraction of sp³-hybridized carbons (Fsp3) is 0.786. The number of nitrogens with one attached hydrogen (secondary N) is 1. The number of hydrogen-bond donors (Lipinski definition) is 1. The Labute approximate surface area is 113 Å². The van der Waals surface area contributed by atoms with Gasteiger partial charge in [0.2, 0.25) is 0 Å². The third-order valence-electron chi connectivity index (χ3n) is 3.83. The van der Waals surface area contributed by atoms with E-state index in [-0.39, 0.29) is 0 Å². The SMILES string of the molecule is CC(C)NC(c1nc2c(s1)CCC2)C1CCOC1. The molecule has 18 heavy (non-hydrogen) atoms. The molecule has 1 aromatic heterocycles. The van der Waals surface area contributed by atoms with Crippen LogP contribution >= 0.6 is 11.3 Å². The standard InChI is InChI=1S/C14H22N2OS/c1-9(2)15-13(10-6-7-17-8-10)14-16-11-4-3-5-12(11)18-14/h9-10,13,15H,3-8H2,1-2H3. The Bertz CT molecular complexity index is 388. The molecular formula is C14H22N2OS. The minimum absolute atomic E-state index is 0.392. The van der Waals surface area contributed by atoms with Crippen LogP contribution in [-0.2, 0) is 17.6 Å². The van der Waals surface area contributed by atoms with E-state index in [1.807, 2.05) is 11.3 Å². The molecule has 3 rings (SSSR count). The van der Waals surface area contributed by atoms with Crippen LogP contribution in [0.1, 0.15) is 48.3 Å². The Morgan fingerprint density at radius 2 is 2.28 bits per heavy atom. The summed E-state index contributed by atoms with van der Waals surface area (Å²) in [6.45, 7) is 6.22. The van der Waals surface area contributed by atoms with Crippen LogP contribution in [0, 0.1) is 5.92 Å². The lowest BCUT2D eigenvalue weighted by Crippen LogP contribution is -2.33. The molecule has 2 aliphatic rings. The van der Waals surface area contributed by atoms with Crippen molar-refractivity contribution in [2.45, 2.75) is 51.6 Å². The van der Waals surface area contributed by atoms with E-state index in [1.165, 1.54) is 34.8 Å². The quantitative estimate of drug-likeness (QED) is 0.910. The van der Waals surface area contributed by atoms with Crippen molar-refractivity contribution in [1.82, 2.24) is 10.3 Å². The molecule has 0 spiro atoms. The van der Waals surface area contributed by atoms with E-state index < -0.39 is 0 Å². The van der Waals surface area contributed by atoms with E-state index in [4.69, 9.17) is 9.72 Å². The zero-order valence-corrected chi connectivity index (χ0v) is 12.1. The highest BCUT2D eigenvalue weighted by Gasteiger charge is 2.31. The zero-order chi connectivity index (χ0) is 12.5. The molecule has 1 aliphatic carbocycles. The third kappa shape index (κ3) is 2.46. The highest BCUT2D eigenvalue weighted by atomic mass is 32.1. The van der Waals surface area contributed by atoms with E-state index in [2.05, 4.69) is 19.2 Å². The van der Waals surface area contributed by atoms with Crippen molar-refractivity contribution in [2.75, 3.05) is 13.2 Å². The topological polar surface area (TPSA) is 34.2 Å². The van der Waals surface area contributed by atoms with Crippen LogP contribution in [0.15, 0.2) is 0 Å². The summed E-state index contributed by atoms with van der Waals surface area (Å²) in [5.74, 6) is 0.596. The van der Waals surface area contributed by atoms with Gasteiger partial charge < -0.3 is 10.1 Å². The maximum Gasteiger partial charge on any atom is 0.110 e. The molecule has 3 nitrogen and oxygen atoms in total. The molecule has 1 aromatic rings. The number of hydrogen-bond acceptors (Lipinski definition) is 4. The van der Waals surface area contributed by atoms with Gasteiger partial charge in [0, 0.05) is 23.4 Å². The predicted octanol–water partition coefficient (Wildman–Crippen LogP) is 2.71. The lowest BCUT2D eigenvalue weighted by atomic mass is 9.99. The first-order valence-corrected chi connectivity index (χ1v) is 7.88. The van der Waals surface area contributed by atoms with E-state index in [9.17, 15) is 0 Å². The Hall–Kier alpha value is -0.450. The second-order valence-electron chi connectivity index (χ2n) is 5.70. The second-order valence-corrected chi connectivity index (χ2v) is 6.81. The first kappa shape index (κ1) is 12.6. The van der Waals surface area contributed by atoms with Crippen LogP contribution in [0.3, 0.4) is 0 Å². The van der Waals surface area contributed by atoms with Crippen molar-refractivity contribution in [3.05, 3.63) is 15.6 Å². The summed E-state index contributed by atoms with van der Waals surface area (Å²) in [5.41, 5.74) is 1.37. The van der Waals surface area contributed by atoms with Gasteiger partial charge in [-0.3, -0.25) is 0 Å². The molecule has 0 aromatic carbocycles.